The molecule has 2 heterocycles. The lowest BCUT2D eigenvalue weighted by atomic mass is 10.0. The average Bonchev–Trinajstić information content (AvgIpc) is 3.19. The van der Waals surface area contributed by atoms with E-state index in [2.05, 4.69) is 15.5 Å². The summed E-state index contributed by atoms with van der Waals surface area (Å²) in [5.74, 6) is -1.37. The number of para-hydroxylation sites is 1. The van der Waals surface area contributed by atoms with Crippen molar-refractivity contribution >= 4 is 15.7 Å². The maximum atomic E-state index is 13.1. The lowest BCUT2D eigenvalue weighted by Crippen LogP contribution is -2.49. The van der Waals surface area contributed by atoms with Gasteiger partial charge in [-0.05, 0) is 35.9 Å². The van der Waals surface area contributed by atoms with Gasteiger partial charge in [0.1, 0.15) is 0 Å². The summed E-state index contributed by atoms with van der Waals surface area (Å²) in [6.45, 7) is 3.64. The first-order chi connectivity index (χ1) is 14.1. The van der Waals surface area contributed by atoms with Gasteiger partial charge in [-0.15, -0.1) is 0 Å². The van der Waals surface area contributed by atoms with Crippen LogP contribution in [0.3, 0.4) is 0 Å². The van der Waals surface area contributed by atoms with Gasteiger partial charge in [0.2, 0.25) is 15.7 Å². The molecule has 3 atom stereocenters. The molecule has 0 radical (unpaired) electrons. The average molecular weight is 438 g/mol. The second kappa shape index (κ2) is 8.78. The van der Waals surface area contributed by atoms with Crippen LogP contribution in [0.15, 0.2) is 35.5 Å². The van der Waals surface area contributed by atoms with Crippen LogP contribution in [0, 0.1) is 0 Å². The maximum Gasteiger partial charge on any atom is 0.272 e. The second-order valence-electron chi connectivity index (χ2n) is 7.69. The number of aromatic nitrogens is 4. The molecule has 0 N–H and O–H groups in total. The number of hydrogen-bond acceptors (Lipinski definition) is 8. The molecule has 1 fully saturated rings. The fraction of sp³-hybridized carbons (Fsp3) is 0.579. The summed E-state index contributed by atoms with van der Waals surface area (Å²) < 4.78 is 39.4. The van der Waals surface area contributed by atoms with Crippen molar-refractivity contribution in [2.45, 2.75) is 56.3 Å². The number of carbonyl (C=O) groups excluding carboxylic acids is 1. The fourth-order valence-electron chi connectivity index (χ4n) is 3.32. The Hall–Kier alpha value is -2.37. The van der Waals surface area contributed by atoms with Crippen LogP contribution in [-0.2, 0) is 24.1 Å². The van der Waals surface area contributed by atoms with Crippen LogP contribution in [0.25, 0.3) is 5.69 Å². The van der Waals surface area contributed by atoms with Crippen molar-refractivity contribution in [1.29, 1.82) is 0 Å². The minimum absolute atomic E-state index is 0.0880. The Morgan fingerprint density at radius 2 is 1.90 bits per heavy atom. The first kappa shape index (κ1) is 22.3. The van der Waals surface area contributed by atoms with Crippen LogP contribution < -0.4 is 0 Å². The topological polar surface area (TPSA) is 117 Å². The molecule has 1 unspecified atom stereocenters. The van der Waals surface area contributed by atoms with Gasteiger partial charge in [-0.2, -0.15) is 4.68 Å². The van der Waals surface area contributed by atoms with Crippen LogP contribution >= 0.6 is 0 Å². The zero-order valence-electron chi connectivity index (χ0n) is 17.6. The summed E-state index contributed by atoms with van der Waals surface area (Å²) in [6, 6.07) is 8.80. The van der Waals surface area contributed by atoms with Crippen molar-refractivity contribution in [3.8, 4) is 5.69 Å². The monoisotopic (exact) mass is 437 g/mol. The van der Waals surface area contributed by atoms with Gasteiger partial charge in [0.05, 0.1) is 30.1 Å². The smallest absolute Gasteiger partial charge is 0.272 e. The van der Waals surface area contributed by atoms with Gasteiger partial charge >= 0.3 is 0 Å². The van der Waals surface area contributed by atoms with Crippen LogP contribution in [0.5, 0.6) is 0 Å². The van der Waals surface area contributed by atoms with Crippen LogP contribution in [0.1, 0.15) is 33.1 Å². The van der Waals surface area contributed by atoms with Gasteiger partial charge in [0.15, 0.2) is 5.79 Å². The number of benzene rings is 1. The Kier molecular flexibility index (Phi) is 6.53. The number of amides is 1. The molecule has 0 saturated carbocycles. The largest absolute Gasteiger partial charge is 0.349 e. The molecule has 0 spiro atoms. The highest BCUT2D eigenvalue weighted by molar-refractivity contribution is 7.91. The predicted octanol–water partition coefficient (Wildman–Crippen LogP) is 1.21. The Bertz CT molecular complexity index is 978. The van der Waals surface area contributed by atoms with Gasteiger partial charge in [0, 0.05) is 20.5 Å². The van der Waals surface area contributed by atoms with E-state index >= 15 is 0 Å². The Morgan fingerprint density at radius 3 is 2.53 bits per heavy atom. The Balaban J connectivity index is 1.82. The molecule has 2 aromatic rings. The summed E-state index contributed by atoms with van der Waals surface area (Å²) in [5, 5.41) is 10.9. The molecule has 0 bridgehead atoms. The highest BCUT2D eigenvalue weighted by Gasteiger charge is 2.41. The van der Waals surface area contributed by atoms with E-state index in [1.54, 1.807) is 45.3 Å². The number of ether oxygens (including phenoxy) is 2. The molecule has 1 aromatic carbocycles. The van der Waals surface area contributed by atoms with Crippen molar-refractivity contribution in [3.05, 3.63) is 30.3 Å². The van der Waals surface area contributed by atoms with Crippen LogP contribution in [0.4, 0.5) is 0 Å². The fourth-order valence-corrected chi connectivity index (χ4v) is 4.73. The molecule has 3 rings (SSSR count). The zero-order chi connectivity index (χ0) is 21.9. The lowest BCUT2D eigenvalue weighted by Gasteiger charge is -2.42. The quantitative estimate of drug-likeness (QED) is 0.635. The Labute approximate surface area is 176 Å². The third-order valence-corrected chi connectivity index (χ3v) is 6.65. The summed E-state index contributed by atoms with van der Waals surface area (Å²) in [7, 11) is -0.526. The molecular formula is C19H27N5O5S. The SMILES string of the molecule is CCC1(C)O[C@@H](CC(=O)N(C)C)C[C@@H](CS(=O)(=O)c2nnnn2-c2ccccc2)O1. The normalized spacial score (nSPS) is 24.5. The molecule has 0 aliphatic carbocycles. The van der Waals surface area contributed by atoms with Crippen LogP contribution in [0.2, 0.25) is 0 Å². The van der Waals surface area contributed by atoms with Gasteiger partial charge < -0.3 is 14.4 Å². The number of tetrazole rings is 1. The van der Waals surface area contributed by atoms with Crippen LogP contribution in [-0.4, -0.2) is 77.3 Å². The highest BCUT2D eigenvalue weighted by Crippen LogP contribution is 2.32. The molecule has 1 saturated heterocycles. The molecular weight excluding hydrogens is 410 g/mol. The molecule has 10 nitrogen and oxygen atoms in total. The minimum atomic E-state index is -3.87. The molecule has 11 heteroatoms. The predicted molar refractivity (Wildman–Crippen MR) is 108 cm³/mol. The Morgan fingerprint density at radius 1 is 1.23 bits per heavy atom. The first-order valence-corrected chi connectivity index (χ1v) is 11.4. The molecule has 1 amide bonds. The van der Waals surface area contributed by atoms with E-state index in [0.29, 0.717) is 12.1 Å². The molecule has 1 aromatic heterocycles. The van der Waals surface area contributed by atoms with Gasteiger partial charge in [0.25, 0.3) is 5.16 Å². The summed E-state index contributed by atoms with van der Waals surface area (Å²) >= 11 is 0. The third-order valence-electron chi connectivity index (χ3n) is 5.03. The highest BCUT2D eigenvalue weighted by atomic mass is 32.2. The molecule has 164 valence electrons. The van der Waals surface area contributed by atoms with E-state index in [0.717, 1.165) is 0 Å². The standard InChI is InChI=1S/C19H27N5O5S/c1-5-19(2)28-15(12-17(25)23(3)4)11-16(29-19)13-30(26,27)18-20-21-22-24(18)14-9-7-6-8-10-14/h6-10,15-16H,5,11-13H2,1-4H3/t15-,16+,19?/m1/s1. The lowest BCUT2D eigenvalue weighted by molar-refractivity contribution is -0.305. The third kappa shape index (κ3) is 5.02. The maximum absolute atomic E-state index is 13.1. The molecule has 30 heavy (non-hydrogen) atoms. The van der Waals surface area contributed by atoms with E-state index < -0.39 is 27.8 Å². The summed E-state index contributed by atoms with van der Waals surface area (Å²) in [6.07, 6.45) is -0.151. The van der Waals surface area contributed by atoms with Crippen molar-refractivity contribution < 1.29 is 22.7 Å². The van der Waals surface area contributed by atoms with E-state index in [9.17, 15) is 13.2 Å². The first-order valence-electron chi connectivity index (χ1n) is 9.76. The molecule has 1 aliphatic rings. The minimum Gasteiger partial charge on any atom is -0.349 e. The summed E-state index contributed by atoms with van der Waals surface area (Å²) in [4.78, 5) is 13.6. The van der Waals surface area contributed by atoms with E-state index in [4.69, 9.17) is 9.47 Å². The molecule has 1 aliphatic heterocycles. The van der Waals surface area contributed by atoms with Crippen molar-refractivity contribution in [2.24, 2.45) is 0 Å². The number of sulfone groups is 1. The number of hydrogen-bond donors (Lipinski definition) is 0. The van der Waals surface area contributed by atoms with Crippen molar-refractivity contribution in [1.82, 2.24) is 25.1 Å². The van der Waals surface area contributed by atoms with Gasteiger partial charge in [-0.3, -0.25) is 4.79 Å². The van der Waals surface area contributed by atoms with E-state index in [-0.39, 0.29) is 29.7 Å². The number of rotatable bonds is 7. The van der Waals surface area contributed by atoms with E-state index in [1.165, 1.54) is 9.58 Å². The number of nitrogens with zero attached hydrogens (tertiary/aromatic N) is 5. The second-order valence-corrected chi connectivity index (χ2v) is 9.61. The van der Waals surface area contributed by atoms with E-state index in [1.807, 2.05) is 13.0 Å². The van der Waals surface area contributed by atoms with Gasteiger partial charge in [-0.25, -0.2) is 8.42 Å². The zero-order valence-corrected chi connectivity index (χ0v) is 18.4. The van der Waals surface area contributed by atoms with Crippen molar-refractivity contribution in [3.63, 3.8) is 0 Å². The van der Waals surface area contributed by atoms with Gasteiger partial charge in [-0.1, -0.05) is 30.2 Å². The van der Waals surface area contributed by atoms with Crippen molar-refractivity contribution in [2.75, 3.05) is 19.8 Å². The summed E-state index contributed by atoms with van der Waals surface area (Å²) in [5.41, 5.74) is 0.543. The number of carbonyl (C=O) groups is 1.